The molecular weight excluding hydrogens is 1020 g/mol. The van der Waals surface area contributed by atoms with Crippen LogP contribution in [0.2, 0.25) is 0 Å². The Hall–Kier alpha value is -4.19. The second-order valence-electron chi connectivity index (χ2n) is 23.0. The van der Waals surface area contributed by atoms with E-state index in [4.69, 9.17) is 14.2 Å². The molecule has 83 heavy (non-hydrogen) atoms. The van der Waals surface area contributed by atoms with Gasteiger partial charge in [-0.15, -0.1) is 0 Å². The number of allylic oxidation sites excluding steroid dienone is 20. The Morgan fingerprint density at radius 2 is 0.470 bits per heavy atom. The van der Waals surface area contributed by atoms with Crippen molar-refractivity contribution in [3.8, 4) is 0 Å². The van der Waals surface area contributed by atoms with Gasteiger partial charge in [-0.05, 0) is 128 Å². The van der Waals surface area contributed by atoms with Crippen LogP contribution in [0, 0.1) is 0 Å². The van der Waals surface area contributed by atoms with Gasteiger partial charge in [0.15, 0.2) is 6.10 Å². The topological polar surface area (TPSA) is 78.9 Å². The van der Waals surface area contributed by atoms with Gasteiger partial charge in [0, 0.05) is 19.3 Å². The molecule has 0 radical (unpaired) electrons. The van der Waals surface area contributed by atoms with E-state index in [1.807, 2.05) is 0 Å². The van der Waals surface area contributed by atoms with Crippen molar-refractivity contribution in [3.63, 3.8) is 0 Å². The van der Waals surface area contributed by atoms with E-state index in [-0.39, 0.29) is 31.1 Å². The van der Waals surface area contributed by atoms with Gasteiger partial charge in [0.1, 0.15) is 13.2 Å². The molecule has 1 atom stereocenters. The fourth-order valence-corrected chi connectivity index (χ4v) is 9.75. The Morgan fingerprint density at radius 3 is 0.747 bits per heavy atom. The molecular formula is C77H130O6. The first-order chi connectivity index (χ1) is 41.0. The van der Waals surface area contributed by atoms with Crippen molar-refractivity contribution in [2.75, 3.05) is 13.2 Å². The quantitative estimate of drug-likeness (QED) is 0.0261. The van der Waals surface area contributed by atoms with E-state index in [0.29, 0.717) is 19.3 Å². The lowest BCUT2D eigenvalue weighted by atomic mass is 10.0. The van der Waals surface area contributed by atoms with Gasteiger partial charge in [-0.1, -0.05) is 303 Å². The van der Waals surface area contributed by atoms with Gasteiger partial charge in [0.25, 0.3) is 0 Å². The van der Waals surface area contributed by atoms with Gasteiger partial charge in [-0.3, -0.25) is 14.4 Å². The molecule has 0 aliphatic heterocycles. The maximum atomic E-state index is 13.0. The van der Waals surface area contributed by atoms with E-state index >= 15 is 0 Å². The number of hydrogen-bond acceptors (Lipinski definition) is 6. The van der Waals surface area contributed by atoms with Crippen LogP contribution in [-0.2, 0) is 28.6 Å². The zero-order valence-electron chi connectivity index (χ0n) is 54.4. The summed E-state index contributed by atoms with van der Waals surface area (Å²) in [5, 5.41) is 0. The van der Waals surface area contributed by atoms with Gasteiger partial charge in [-0.25, -0.2) is 0 Å². The highest BCUT2D eigenvalue weighted by Gasteiger charge is 2.19. The number of rotatable bonds is 63. The second kappa shape index (κ2) is 70.3. The molecule has 1 unspecified atom stereocenters. The first kappa shape index (κ1) is 78.8. The van der Waals surface area contributed by atoms with Crippen molar-refractivity contribution in [2.45, 2.75) is 335 Å². The minimum Gasteiger partial charge on any atom is -0.462 e. The minimum absolute atomic E-state index is 0.0917. The lowest BCUT2D eigenvalue weighted by molar-refractivity contribution is -0.167. The zero-order chi connectivity index (χ0) is 59.9. The van der Waals surface area contributed by atoms with Crippen LogP contribution in [0.3, 0.4) is 0 Å². The number of hydrogen-bond donors (Lipinski definition) is 0. The molecule has 0 saturated carbocycles. The highest BCUT2D eigenvalue weighted by atomic mass is 16.6. The summed E-state index contributed by atoms with van der Waals surface area (Å²) in [5.74, 6) is -0.917. The number of esters is 3. The van der Waals surface area contributed by atoms with Crippen LogP contribution in [0.25, 0.3) is 0 Å². The average Bonchev–Trinajstić information content (AvgIpc) is 3.49. The highest BCUT2D eigenvalue weighted by molar-refractivity contribution is 5.71. The van der Waals surface area contributed by atoms with Crippen molar-refractivity contribution in [2.24, 2.45) is 0 Å². The molecule has 0 bridgehead atoms. The Balaban J connectivity index is 4.40. The molecule has 0 aromatic heterocycles. The predicted octanol–water partition coefficient (Wildman–Crippen LogP) is 24.3. The number of carbonyl (C=O) groups excluding carboxylic acids is 3. The summed E-state index contributed by atoms with van der Waals surface area (Å²) in [5.41, 5.74) is 0. The fraction of sp³-hybridized carbons (Fsp3) is 0.701. The summed E-state index contributed by atoms with van der Waals surface area (Å²) >= 11 is 0. The fourth-order valence-electron chi connectivity index (χ4n) is 9.75. The lowest BCUT2D eigenvalue weighted by Gasteiger charge is -2.18. The maximum Gasteiger partial charge on any atom is 0.306 e. The summed E-state index contributed by atoms with van der Waals surface area (Å²) in [6, 6.07) is 0. The molecule has 0 aromatic carbocycles. The van der Waals surface area contributed by atoms with E-state index < -0.39 is 6.10 Å². The molecule has 0 aromatic rings. The normalized spacial score (nSPS) is 12.9. The van der Waals surface area contributed by atoms with Crippen molar-refractivity contribution in [1.82, 2.24) is 0 Å². The Morgan fingerprint density at radius 1 is 0.253 bits per heavy atom. The Bertz CT molecular complexity index is 1700. The molecule has 0 heterocycles. The predicted molar refractivity (Wildman–Crippen MR) is 362 cm³/mol. The third-order valence-corrected chi connectivity index (χ3v) is 14.9. The summed E-state index contributed by atoms with van der Waals surface area (Å²) in [6.45, 7) is 6.42. The first-order valence-corrected chi connectivity index (χ1v) is 35.0. The monoisotopic (exact) mass is 1150 g/mol. The number of unbranched alkanes of at least 4 members (excludes halogenated alkanes) is 32. The average molecular weight is 1150 g/mol. The Kier molecular flexibility index (Phi) is 66.7. The largest absolute Gasteiger partial charge is 0.462 e. The van der Waals surface area contributed by atoms with E-state index in [0.717, 1.165) is 135 Å². The summed E-state index contributed by atoms with van der Waals surface area (Å²) in [7, 11) is 0. The third kappa shape index (κ3) is 68.5. The molecule has 0 aliphatic carbocycles. The zero-order valence-corrected chi connectivity index (χ0v) is 54.4. The number of carbonyl (C=O) groups is 3. The molecule has 6 nitrogen and oxygen atoms in total. The standard InChI is InChI=1S/C77H130O6/c1-4-7-10-13-16-19-22-25-28-31-33-35-37-38-40-41-43-46-49-52-55-58-61-64-67-70-76(79)82-73-74(72-81-75(78)69-66-63-60-57-54-51-48-45-30-27-24-21-18-15-12-9-6-3)83-77(80)71-68-65-62-59-56-53-50-47-44-42-39-36-34-32-29-26-23-20-17-14-11-8-5-2/h8-9,11-12,17-18,20-21,26-27,29-31,33-34,36,42,44,48,51,74H,4-7,10,13-16,19,22-25,28,32,35,37-41,43,45-47,49-50,52-73H2,1-3H3/b11-8-,12-9-,20-17-,21-18-,29-26-,30-27-,33-31-,36-34-,44-42-,51-48-. The van der Waals surface area contributed by atoms with Gasteiger partial charge in [-0.2, -0.15) is 0 Å². The van der Waals surface area contributed by atoms with Crippen LogP contribution in [0.1, 0.15) is 329 Å². The molecule has 0 spiro atoms. The van der Waals surface area contributed by atoms with Crippen molar-refractivity contribution in [1.29, 1.82) is 0 Å². The SMILES string of the molecule is CC/C=C\C/C=C\C/C=C\C/C=C\C/C=C\CCCCCCCCCC(=O)OC(COC(=O)CCCCCC/C=C\C/C=C\C/C=C\C/C=C\CC)COC(=O)CCCCCCCCCCCCCCC/C=C\CCCCCCCCCC. The second-order valence-corrected chi connectivity index (χ2v) is 23.0. The van der Waals surface area contributed by atoms with E-state index in [9.17, 15) is 14.4 Å². The summed E-state index contributed by atoms with van der Waals surface area (Å²) in [6.07, 6.45) is 97.9. The maximum absolute atomic E-state index is 13.0. The van der Waals surface area contributed by atoms with Gasteiger partial charge < -0.3 is 14.2 Å². The molecule has 0 rings (SSSR count). The van der Waals surface area contributed by atoms with E-state index in [1.54, 1.807) is 0 Å². The van der Waals surface area contributed by atoms with Crippen LogP contribution in [-0.4, -0.2) is 37.2 Å². The molecule has 0 fully saturated rings. The van der Waals surface area contributed by atoms with Crippen LogP contribution in [0.4, 0.5) is 0 Å². The summed E-state index contributed by atoms with van der Waals surface area (Å²) in [4.78, 5) is 38.5. The smallest absolute Gasteiger partial charge is 0.306 e. The molecule has 6 heteroatoms. The Labute approximate surface area is 513 Å². The van der Waals surface area contributed by atoms with Crippen LogP contribution < -0.4 is 0 Å². The highest BCUT2D eigenvalue weighted by Crippen LogP contribution is 2.17. The third-order valence-electron chi connectivity index (χ3n) is 14.9. The van der Waals surface area contributed by atoms with E-state index in [2.05, 4.69) is 142 Å². The summed E-state index contributed by atoms with van der Waals surface area (Å²) < 4.78 is 17.0. The van der Waals surface area contributed by atoms with Gasteiger partial charge >= 0.3 is 17.9 Å². The molecule has 0 amide bonds. The molecule has 0 N–H and O–H groups in total. The van der Waals surface area contributed by atoms with Crippen LogP contribution >= 0.6 is 0 Å². The van der Waals surface area contributed by atoms with Crippen molar-refractivity contribution in [3.05, 3.63) is 122 Å². The van der Waals surface area contributed by atoms with Crippen molar-refractivity contribution < 1.29 is 28.6 Å². The minimum atomic E-state index is -0.800. The first-order valence-electron chi connectivity index (χ1n) is 35.0. The van der Waals surface area contributed by atoms with Crippen LogP contribution in [0.15, 0.2) is 122 Å². The van der Waals surface area contributed by atoms with E-state index in [1.165, 1.54) is 154 Å². The number of ether oxygens (including phenoxy) is 3. The van der Waals surface area contributed by atoms with Crippen molar-refractivity contribution >= 4 is 17.9 Å². The van der Waals surface area contributed by atoms with Crippen LogP contribution in [0.5, 0.6) is 0 Å². The lowest BCUT2D eigenvalue weighted by Crippen LogP contribution is -2.30. The van der Waals surface area contributed by atoms with Gasteiger partial charge in [0.2, 0.25) is 0 Å². The molecule has 0 aliphatic rings. The van der Waals surface area contributed by atoms with Gasteiger partial charge in [0.05, 0.1) is 0 Å². The molecule has 474 valence electrons. The molecule has 0 saturated heterocycles.